The van der Waals surface area contributed by atoms with E-state index in [1.807, 2.05) is 0 Å². The molecule has 1 aromatic carbocycles. The fourth-order valence-corrected chi connectivity index (χ4v) is 3.74. The number of carboxylic acids is 1. The van der Waals surface area contributed by atoms with Crippen LogP contribution >= 0.6 is 23.5 Å². The maximum atomic E-state index is 12.8. The summed E-state index contributed by atoms with van der Waals surface area (Å²) in [5.41, 5.74) is -0.667. The number of hydrogen-bond donors (Lipinski definition) is 2. The zero-order valence-electron chi connectivity index (χ0n) is 14.6. The van der Waals surface area contributed by atoms with Gasteiger partial charge < -0.3 is 15.2 Å². The molecule has 25 heavy (non-hydrogen) atoms. The molecule has 1 aromatic rings. The van der Waals surface area contributed by atoms with Crippen molar-refractivity contribution in [2.75, 3.05) is 17.3 Å². The van der Waals surface area contributed by atoms with Gasteiger partial charge in [0.05, 0.1) is 0 Å². The molecule has 5 nitrogen and oxygen atoms in total. The Balaban J connectivity index is 2.23. The number of carbonyl (C=O) groups excluding carboxylic acids is 1. The summed E-state index contributed by atoms with van der Waals surface area (Å²) in [6.45, 7) is 5.16. The molecule has 0 saturated carbocycles. The lowest BCUT2D eigenvalue weighted by Gasteiger charge is -2.21. The van der Waals surface area contributed by atoms with Crippen LogP contribution in [0.4, 0.5) is 9.18 Å². The minimum atomic E-state index is -1.08. The van der Waals surface area contributed by atoms with Crippen molar-refractivity contribution < 1.29 is 23.8 Å². The van der Waals surface area contributed by atoms with E-state index in [4.69, 9.17) is 4.74 Å². The SMILES string of the molecule is CC(C)(C)OC(=O)NC(CCSCCSc1ccc(F)cc1)C(=O)O. The van der Waals surface area contributed by atoms with Gasteiger partial charge in [-0.3, -0.25) is 0 Å². The standard InChI is InChI=1S/C17H24FNO4S2/c1-17(2,3)23-16(22)19-14(15(20)21)8-9-24-10-11-25-13-6-4-12(18)5-7-13/h4-7,14H,8-11H2,1-3H3,(H,19,22)(H,20,21). The first kappa shape index (κ1) is 21.6. The van der Waals surface area contributed by atoms with Crippen LogP contribution in [0.25, 0.3) is 0 Å². The average molecular weight is 390 g/mol. The Labute approximate surface area is 156 Å². The Morgan fingerprint density at radius 2 is 1.84 bits per heavy atom. The lowest BCUT2D eigenvalue weighted by molar-refractivity contribution is -0.139. The van der Waals surface area contributed by atoms with E-state index >= 15 is 0 Å². The molecule has 0 aliphatic rings. The van der Waals surface area contributed by atoms with Crippen molar-refractivity contribution in [1.29, 1.82) is 0 Å². The van der Waals surface area contributed by atoms with Gasteiger partial charge in [0, 0.05) is 16.4 Å². The van der Waals surface area contributed by atoms with Crippen LogP contribution in [-0.4, -0.2) is 46.1 Å². The van der Waals surface area contributed by atoms with Crippen molar-refractivity contribution >= 4 is 35.6 Å². The smallest absolute Gasteiger partial charge is 0.408 e. The number of alkyl carbamates (subject to hydrolysis) is 1. The Morgan fingerprint density at radius 1 is 1.20 bits per heavy atom. The predicted octanol–water partition coefficient (Wildman–Crippen LogP) is 4.02. The third-order valence-electron chi connectivity index (χ3n) is 2.85. The quantitative estimate of drug-likeness (QED) is 0.491. The lowest BCUT2D eigenvalue weighted by Crippen LogP contribution is -2.43. The number of benzene rings is 1. The van der Waals surface area contributed by atoms with Gasteiger partial charge in [0.25, 0.3) is 0 Å². The summed E-state index contributed by atoms with van der Waals surface area (Å²) in [6.07, 6.45) is -0.405. The van der Waals surface area contributed by atoms with Crippen molar-refractivity contribution in [2.24, 2.45) is 0 Å². The number of hydrogen-bond acceptors (Lipinski definition) is 5. The van der Waals surface area contributed by atoms with Crippen LogP contribution in [0.5, 0.6) is 0 Å². The van der Waals surface area contributed by atoms with E-state index in [9.17, 15) is 19.1 Å². The highest BCUT2D eigenvalue weighted by Crippen LogP contribution is 2.19. The zero-order valence-corrected chi connectivity index (χ0v) is 16.2. The van der Waals surface area contributed by atoms with E-state index in [1.54, 1.807) is 56.4 Å². The summed E-state index contributed by atoms with van der Waals surface area (Å²) in [4.78, 5) is 23.9. The first-order valence-electron chi connectivity index (χ1n) is 7.86. The van der Waals surface area contributed by atoms with Crippen LogP contribution in [0.1, 0.15) is 27.2 Å². The Bertz CT molecular complexity index is 561. The second kappa shape index (κ2) is 10.6. The molecule has 1 unspecified atom stereocenters. The molecule has 1 rings (SSSR count). The minimum absolute atomic E-state index is 0.254. The number of carboxylic acid groups (broad SMARTS) is 1. The normalized spacial score (nSPS) is 12.5. The Kier molecular flexibility index (Phi) is 9.13. The van der Waals surface area contributed by atoms with Gasteiger partial charge in [-0.25, -0.2) is 14.0 Å². The first-order valence-corrected chi connectivity index (χ1v) is 10.00. The highest BCUT2D eigenvalue weighted by atomic mass is 32.2. The number of ether oxygens (including phenoxy) is 1. The second-order valence-electron chi connectivity index (χ2n) is 6.24. The molecule has 1 atom stereocenters. The van der Waals surface area contributed by atoms with Crippen LogP contribution in [0.15, 0.2) is 29.2 Å². The molecular weight excluding hydrogens is 365 g/mol. The van der Waals surface area contributed by atoms with Crippen molar-refractivity contribution in [1.82, 2.24) is 5.32 Å². The molecule has 0 aliphatic heterocycles. The van der Waals surface area contributed by atoms with Gasteiger partial charge in [-0.05, 0) is 57.2 Å². The van der Waals surface area contributed by atoms with Crippen LogP contribution in [-0.2, 0) is 9.53 Å². The highest BCUT2D eigenvalue weighted by Gasteiger charge is 2.23. The number of carbonyl (C=O) groups is 2. The van der Waals surface area contributed by atoms with E-state index in [1.165, 1.54) is 12.1 Å². The third-order valence-corrected chi connectivity index (χ3v) is 5.14. The maximum Gasteiger partial charge on any atom is 0.408 e. The average Bonchev–Trinajstić information content (AvgIpc) is 2.49. The number of rotatable bonds is 9. The molecule has 0 spiro atoms. The fourth-order valence-electron chi connectivity index (χ4n) is 1.76. The summed E-state index contributed by atoms with van der Waals surface area (Å²) < 4.78 is 17.9. The zero-order chi connectivity index (χ0) is 18.9. The van der Waals surface area contributed by atoms with Gasteiger partial charge in [-0.1, -0.05) is 0 Å². The summed E-state index contributed by atoms with van der Waals surface area (Å²) >= 11 is 3.23. The Hall–Kier alpha value is -1.41. The van der Waals surface area contributed by atoms with Crippen molar-refractivity contribution in [3.05, 3.63) is 30.1 Å². The maximum absolute atomic E-state index is 12.8. The molecule has 0 radical (unpaired) electrons. The van der Waals surface area contributed by atoms with E-state index in [2.05, 4.69) is 5.32 Å². The summed E-state index contributed by atoms with van der Waals surface area (Å²) in [6, 6.07) is 5.35. The van der Waals surface area contributed by atoms with Gasteiger partial charge in [0.2, 0.25) is 0 Å². The fraction of sp³-hybridized carbons (Fsp3) is 0.529. The van der Waals surface area contributed by atoms with Gasteiger partial charge in [-0.15, -0.1) is 11.8 Å². The third kappa shape index (κ3) is 10.2. The molecule has 0 aliphatic carbocycles. The molecule has 140 valence electrons. The monoisotopic (exact) mass is 389 g/mol. The van der Waals surface area contributed by atoms with Gasteiger partial charge in [-0.2, -0.15) is 11.8 Å². The molecule has 0 heterocycles. The first-order chi connectivity index (χ1) is 11.7. The lowest BCUT2D eigenvalue weighted by atomic mass is 10.2. The van der Waals surface area contributed by atoms with E-state index in [-0.39, 0.29) is 5.82 Å². The van der Waals surface area contributed by atoms with Crippen molar-refractivity contribution in [3.8, 4) is 0 Å². The number of thioether (sulfide) groups is 2. The topological polar surface area (TPSA) is 75.6 Å². The van der Waals surface area contributed by atoms with Crippen molar-refractivity contribution in [3.63, 3.8) is 0 Å². The summed E-state index contributed by atoms with van der Waals surface area (Å²) in [7, 11) is 0. The molecule has 1 amide bonds. The van der Waals surface area contributed by atoms with E-state index in [0.717, 1.165) is 16.4 Å². The number of nitrogens with one attached hydrogen (secondary N) is 1. The summed E-state index contributed by atoms with van der Waals surface area (Å²) in [5.74, 6) is 0.952. The Morgan fingerprint density at radius 3 is 2.40 bits per heavy atom. The van der Waals surface area contributed by atoms with E-state index in [0.29, 0.717) is 12.2 Å². The van der Waals surface area contributed by atoms with E-state index < -0.39 is 23.7 Å². The van der Waals surface area contributed by atoms with Gasteiger partial charge in [0.1, 0.15) is 17.5 Å². The number of aliphatic carboxylic acids is 1. The predicted molar refractivity (Wildman–Crippen MR) is 99.9 cm³/mol. The highest BCUT2D eigenvalue weighted by molar-refractivity contribution is 8.02. The number of halogens is 1. The van der Waals surface area contributed by atoms with Gasteiger partial charge >= 0.3 is 12.1 Å². The van der Waals surface area contributed by atoms with Crippen molar-refractivity contribution in [2.45, 2.75) is 43.7 Å². The van der Waals surface area contributed by atoms with Gasteiger partial charge in [0.15, 0.2) is 0 Å². The largest absolute Gasteiger partial charge is 0.480 e. The minimum Gasteiger partial charge on any atom is -0.480 e. The molecule has 0 fully saturated rings. The molecular formula is C17H24FNO4S2. The molecule has 2 N–H and O–H groups in total. The molecule has 0 aromatic heterocycles. The molecule has 8 heteroatoms. The summed E-state index contributed by atoms with van der Waals surface area (Å²) in [5, 5.41) is 11.6. The molecule has 0 saturated heterocycles. The molecule has 0 bridgehead atoms. The van der Waals surface area contributed by atoms with Crippen LogP contribution < -0.4 is 5.32 Å². The van der Waals surface area contributed by atoms with Crippen LogP contribution in [0, 0.1) is 5.82 Å². The number of amides is 1. The van der Waals surface area contributed by atoms with Crippen LogP contribution in [0.3, 0.4) is 0 Å². The van der Waals surface area contributed by atoms with Crippen LogP contribution in [0.2, 0.25) is 0 Å². The second-order valence-corrected chi connectivity index (χ2v) is 8.63.